The van der Waals surface area contributed by atoms with Gasteiger partial charge in [-0.15, -0.1) is 0 Å². The molecule has 0 N–H and O–H groups in total. The van der Waals surface area contributed by atoms with Crippen molar-refractivity contribution in [1.29, 1.82) is 5.26 Å². The van der Waals surface area contributed by atoms with Crippen LogP contribution in [0.3, 0.4) is 0 Å². The molecule has 0 radical (unpaired) electrons. The molecule has 0 aliphatic carbocycles. The van der Waals surface area contributed by atoms with Crippen LogP contribution in [0.2, 0.25) is 10.0 Å². The molecule has 1 saturated heterocycles. The van der Waals surface area contributed by atoms with Gasteiger partial charge in [-0.3, -0.25) is 9.69 Å². The standard InChI is InChI=1S/C14H15Cl2N3O/c15-12-2-1-11(9-13(12)16)10-14(20)19-7-5-18(4-3-17)6-8-19/h1-2,9H,4-8,10H2. The van der Waals surface area contributed by atoms with Gasteiger partial charge >= 0.3 is 0 Å². The highest BCUT2D eigenvalue weighted by Gasteiger charge is 2.20. The van der Waals surface area contributed by atoms with Crippen molar-refractivity contribution in [2.45, 2.75) is 6.42 Å². The van der Waals surface area contributed by atoms with Gasteiger partial charge in [-0.05, 0) is 17.7 Å². The first-order valence-electron chi connectivity index (χ1n) is 6.41. The molecule has 6 heteroatoms. The average Bonchev–Trinajstić information content (AvgIpc) is 2.44. The number of rotatable bonds is 3. The average molecular weight is 312 g/mol. The molecule has 20 heavy (non-hydrogen) atoms. The molecular formula is C14H15Cl2N3O. The van der Waals surface area contributed by atoms with Gasteiger partial charge < -0.3 is 4.90 Å². The van der Waals surface area contributed by atoms with Gasteiger partial charge in [-0.1, -0.05) is 29.3 Å². The molecule has 0 atom stereocenters. The largest absolute Gasteiger partial charge is 0.340 e. The number of hydrogen-bond donors (Lipinski definition) is 0. The summed E-state index contributed by atoms with van der Waals surface area (Å²) in [5.41, 5.74) is 0.865. The second-order valence-corrected chi connectivity index (χ2v) is 5.55. The molecule has 0 spiro atoms. The zero-order valence-corrected chi connectivity index (χ0v) is 12.5. The molecule has 1 heterocycles. The Hall–Kier alpha value is -1.28. The van der Waals surface area contributed by atoms with Crippen LogP contribution >= 0.6 is 23.2 Å². The minimum absolute atomic E-state index is 0.0833. The first-order valence-corrected chi connectivity index (χ1v) is 7.17. The fourth-order valence-corrected chi connectivity index (χ4v) is 2.51. The molecule has 4 nitrogen and oxygen atoms in total. The maximum Gasteiger partial charge on any atom is 0.227 e. The van der Waals surface area contributed by atoms with Crippen LogP contribution < -0.4 is 0 Å². The number of amides is 1. The summed E-state index contributed by atoms with van der Waals surface area (Å²) in [6.45, 7) is 3.26. The van der Waals surface area contributed by atoms with Crippen molar-refractivity contribution in [1.82, 2.24) is 9.80 Å². The quantitative estimate of drug-likeness (QED) is 0.804. The fraction of sp³-hybridized carbons (Fsp3) is 0.429. The number of carbonyl (C=O) groups is 1. The smallest absolute Gasteiger partial charge is 0.227 e. The summed E-state index contributed by atoms with van der Waals surface area (Å²) in [7, 11) is 0. The zero-order valence-electron chi connectivity index (χ0n) is 11.0. The SMILES string of the molecule is N#CCN1CCN(C(=O)Cc2ccc(Cl)c(Cl)c2)CC1. The Morgan fingerprint density at radius 3 is 2.50 bits per heavy atom. The van der Waals surface area contributed by atoms with E-state index in [0.717, 1.165) is 18.7 Å². The normalized spacial score (nSPS) is 15.9. The van der Waals surface area contributed by atoms with E-state index in [4.69, 9.17) is 28.5 Å². The van der Waals surface area contributed by atoms with E-state index in [-0.39, 0.29) is 5.91 Å². The van der Waals surface area contributed by atoms with Crippen molar-refractivity contribution in [3.05, 3.63) is 33.8 Å². The molecule has 1 fully saturated rings. The second kappa shape index (κ2) is 6.94. The summed E-state index contributed by atoms with van der Waals surface area (Å²) < 4.78 is 0. The van der Waals surface area contributed by atoms with Crippen molar-refractivity contribution in [2.75, 3.05) is 32.7 Å². The summed E-state index contributed by atoms with van der Waals surface area (Å²) in [4.78, 5) is 16.1. The van der Waals surface area contributed by atoms with E-state index in [2.05, 4.69) is 6.07 Å². The van der Waals surface area contributed by atoms with Crippen LogP contribution in [0, 0.1) is 11.3 Å². The lowest BCUT2D eigenvalue weighted by atomic mass is 10.1. The highest BCUT2D eigenvalue weighted by atomic mass is 35.5. The maximum atomic E-state index is 12.2. The molecule has 1 aliphatic rings. The van der Waals surface area contributed by atoms with Crippen LogP contribution in [-0.4, -0.2) is 48.4 Å². The van der Waals surface area contributed by atoms with Crippen LogP contribution in [0.5, 0.6) is 0 Å². The molecule has 1 amide bonds. The number of piperazine rings is 1. The van der Waals surface area contributed by atoms with E-state index in [9.17, 15) is 4.79 Å². The molecule has 106 valence electrons. The van der Waals surface area contributed by atoms with Crippen molar-refractivity contribution < 1.29 is 4.79 Å². The Labute approximate surface area is 128 Å². The lowest BCUT2D eigenvalue weighted by Crippen LogP contribution is -2.49. The topological polar surface area (TPSA) is 47.3 Å². The highest BCUT2D eigenvalue weighted by Crippen LogP contribution is 2.23. The third-order valence-corrected chi connectivity index (χ3v) is 4.10. The van der Waals surface area contributed by atoms with Crippen molar-refractivity contribution >= 4 is 29.1 Å². The number of halogens is 2. The van der Waals surface area contributed by atoms with Gasteiger partial charge in [0.2, 0.25) is 5.91 Å². The highest BCUT2D eigenvalue weighted by molar-refractivity contribution is 6.42. The van der Waals surface area contributed by atoms with Crippen molar-refractivity contribution in [3.63, 3.8) is 0 Å². The molecular weight excluding hydrogens is 297 g/mol. The van der Waals surface area contributed by atoms with Crippen LogP contribution in [-0.2, 0) is 11.2 Å². The Morgan fingerprint density at radius 1 is 1.20 bits per heavy atom. The van der Waals surface area contributed by atoms with E-state index >= 15 is 0 Å². The van der Waals surface area contributed by atoms with Gasteiger partial charge in [0.1, 0.15) is 0 Å². The van der Waals surface area contributed by atoms with E-state index in [1.807, 2.05) is 15.9 Å². The van der Waals surface area contributed by atoms with Gasteiger partial charge in [0.15, 0.2) is 0 Å². The zero-order chi connectivity index (χ0) is 14.5. The van der Waals surface area contributed by atoms with Crippen LogP contribution in [0.25, 0.3) is 0 Å². The lowest BCUT2D eigenvalue weighted by molar-refractivity contribution is -0.132. The van der Waals surface area contributed by atoms with E-state index in [0.29, 0.717) is 36.1 Å². The lowest BCUT2D eigenvalue weighted by Gasteiger charge is -2.33. The number of hydrogen-bond acceptors (Lipinski definition) is 3. The predicted octanol–water partition coefficient (Wildman–Crippen LogP) is 2.20. The van der Waals surface area contributed by atoms with Crippen molar-refractivity contribution in [2.24, 2.45) is 0 Å². The third kappa shape index (κ3) is 3.86. The van der Waals surface area contributed by atoms with E-state index in [1.54, 1.807) is 12.1 Å². The minimum Gasteiger partial charge on any atom is -0.340 e. The molecule has 2 rings (SSSR count). The van der Waals surface area contributed by atoms with Gasteiger partial charge in [-0.2, -0.15) is 5.26 Å². The Balaban J connectivity index is 1.89. The number of nitrogens with zero attached hydrogens (tertiary/aromatic N) is 3. The van der Waals surface area contributed by atoms with Gasteiger partial charge in [0, 0.05) is 26.2 Å². The van der Waals surface area contributed by atoms with Gasteiger partial charge in [0.05, 0.1) is 29.1 Å². The summed E-state index contributed by atoms with van der Waals surface area (Å²) in [6, 6.07) is 7.38. The number of carbonyl (C=O) groups excluding carboxylic acids is 1. The van der Waals surface area contributed by atoms with E-state index < -0.39 is 0 Å². The first-order chi connectivity index (χ1) is 9.60. The van der Waals surface area contributed by atoms with E-state index in [1.165, 1.54) is 0 Å². The van der Waals surface area contributed by atoms with Crippen LogP contribution in [0.4, 0.5) is 0 Å². The summed E-state index contributed by atoms with van der Waals surface area (Å²) in [5, 5.41) is 9.60. The fourth-order valence-electron chi connectivity index (χ4n) is 2.19. The Bertz CT molecular complexity index is 534. The summed E-state index contributed by atoms with van der Waals surface area (Å²) in [6.07, 6.45) is 0.329. The first kappa shape index (κ1) is 15.1. The molecule has 0 saturated carbocycles. The third-order valence-electron chi connectivity index (χ3n) is 3.36. The van der Waals surface area contributed by atoms with Crippen molar-refractivity contribution in [3.8, 4) is 6.07 Å². The summed E-state index contributed by atoms with van der Waals surface area (Å²) >= 11 is 11.8. The Morgan fingerprint density at radius 2 is 1.90 bits per heavy atom. The predicted molar refractivity (Wildman–Crippen MR) is 78.8 cm³/mol. The molecule has 0 unspecified atom stereocenters. The Kier molecular flexibility index (Phi) is 5.24. The molecule has 1 aliphatic heterocycles. The minimum atomic E-state index is 0.0833. The molecule has 1 aromatic rings. The van der Waals surface area contributed by atoms with Gasteiger partial charge in [0.25, 0.3) is 0 Å². The van der Waals surface area contributed by atoms with Gasteiger partial charge in [-0.25, -0.2) is 0 Å². The maximum absolute atomic E-state index is 12.2. The molecule has 0 aromatic heterocycles. The molecule has 1 aromatic carbocycles. The monoisotopic (exact) mass is 311 g/mol. The van der Waals surface area contributed by atoms with Crippen LogP contribution in [0.15, 0.2) is 18.2 Å². The number of nitriles is 1. The number of benzene rings is 1. The summed E-state index contributed by atoms with van der Waals surface area (Å²) in [5.74, 6) is 0.0833. The van der Waals surface area contributed by atoms with Crippen LogP contribution in [0.1, 0.15) is 5.56 Å². The second-order valence-electron chi connectivity index (χ2n) is 4.74. The molecule has 0 bridgehead atoms.